The summed E-state index contributed by atoms with van der Waals surface area (Å²) in [5, 5.41) is 6.25. The fraction of sp³-hybridized carbons (Fsp3) is 0.519. The third-order valence-electron chi connectivity index (χ3n) is 6.37. The average Bonchev–Trinajstić information content (AvgIpc) is 3.43. The van der Waals surface area contributed by atoms with Gasteiger partial charge in [-0.2, -0.15) is 0 Å². The molecule has 0 aliphatic carbocycles. The van der Waals surface area contributed by atoms with Crippen molar-refractivity contribution in [2.24, 2.45) is 5.92 Å². The second-order valence-electron chi connectivity index (χ2n) is 8.89. The highest BCUT2D eigenvalue weighted by Crippen LogP contribution is 2.31. The molecule has 0 aliphatic heterocycles. The number of unbranched alkanes of at least 4 members (excludes halogenated alkanes) is 2. The van der Waals surface area contributed by atoms with Gasteiger partial charge in [0, 0.05) is 41.6 Å². The number of rotatable bonds is 12. The molecule has 0 bridgehead atoms. The highest BCUT2D eigenvalue weighted by Gasteiger charge is 2.21. The zero-order valence-corrected chi connectivity index (χ0v) is 21.6. The first-order valence-electron chi connectivity index (χ1n) is 12.4. The molecule has 33 heavy (non-hydrogen) atoms. The Balaban J connectivity index is 1.85. The van der Waals surface area contributed by atoms with Crippen molar-refractivity contribution in [1.82, 2.24) is 19.9 Å². The van der Waals surface area contributed by atoms with Crippen LogP contribution in [0.3, 0.4) is 0 Å². The van der Waals surface area contributed by atoms with Gasteiger partial charge in [0.05, 0.1) is 17.0 Å². The van der Waals surface area contributed by atoms with E-state index >= 15 is 0 Å². The summed E-state index contributed by atoms with van der Waals surface area (Å²) in [6, 6.07) is 6.10. The summed E-state index contributed by atoms with van der Waals surface area (Å²) >= 11 is 1.62. The Kier molecular flexibility index (Phi) is 9.24. The topological polar surface area (TPSA) is 59.8 Å². The van der Waals surface area contributed by atoms with Crippen LogP contribution in [0.5, 0.6) is 0 Å². The predicted molar refractivity (Wildman–Crippen MR) is 139 cm³/mol. The van der Waals surface area contributed by atoms with Crippen LogP contribution in [-0.4, -0.2) is 27.0 Å². The monoisotopic (exact) mass is 466 g/mol. The lowest BCUT2D eigenvalue weighted by Crippen LogP contribution is -2.29. The Bertz CT molecular complexity index is 1040. The number of amides is 1. The van der Waals surface area contributed by atoms with Crippen LogP contribution < -0.4 is 5.32 Å². The molecule has 0 radical (unpaired) electrons. The molecule has 1 N–H and O–H groups in total. The van der Waals surface area contributed by atoms with Gasteiger partial charge in [0.15, 0.2) is 0 Å². The number of nitrogens with one attached hydrogen (secondary N) is 1. The van der Waals surface area contributed by atoms with Crippen molar-refractivity contribution in [3.63, 3.8) is 0 Å². The summed E-state index contributed by atoms with van der Waals surface area (Å²) in [6.45, 7) is 12.3. The van der Waals surface area contributed by atoms with Crippen LogP contribution in [0.1, 0.15) is 81.0 Å². The van der Waals surface area contributed by atoms with Crippen molar-refractivity contribution >= 4 is 17.2 Å². The Labute approximate surface area is 202 Å². The Morgan fingerprint density at radius 3 is 2.61 bits per heavy atom. The van der Waals surface area contributed by atoms with Gasteiger partial charge in [-0.25, -0.2) is 4.98 Å². The maximum absolute atomic E-state index is 13.1. The van der Waals surface area contributed by atoms with Crippen LogP contribution in [0.15, 0.2) is 29.8 Å². The van der Waals surface area contributed by atoms with Crippen molar-refractivity contribution < 1.29 is 4.79 Å². The van der Waals surface area contributed by atoms with E-state index in [1.165, 1.54) is 19.3 Å². The zero-order valence-electron chi connectivity index (χ0n) is 20.8. The van der Waals surface area contributed by atoms with E-state index in [9.17, 15) is 4.79 Å². The number of aromatic nitrogens is 3. The Morgan fingerprint density at radius 1 is 1.15 bits per heavy atom. The molecule has 1 amide bonds. The first-order valence-corrected chi connectivity index (χ1v) is 13.2. The summed E-state index contributed by atoms with van der Waals surface area (Å²) in [7, 11) is 0. The maximum Gasteiger partial charge on any atom is 0.253 e. The quantitative estimate of drug-likeness (QED) is 0.311. The number of nitrogens with zero attached hydrogens (tertiary/aromatic N) is 3. The van der Waals surface area contributed by atoms with E-state index in [0.29, 0.717) is 5.92 Å². The molecule has 1 atom stereocenters. The van der Waals surface area contributed by atoms with Crippen LogP contribution >= 0.6 is 11.3 Å². The van der Waals surface area contributed by atoms with E-state index in [2.05, 4.69) is 54.0 Å². The lowest BCUT2D eigenvalue weighted by atomic mass is 9.99. The highest BCUT2D eigenvalue weighted by atomic mass is 32.1. The first kappa shape index (κ1) is 25.2. The van der Waals surface area contributed by atoms with E-state index < -0.39 is 0 Å². The normalized spacial score (nSPS) is 12.2. The molecule has 1 unspecified atom stereocenters. The van der Waals surface area contributed by atoms with Crippen LogP contribution in [0.2, 0.25) is 0 Å². The SMILES string of the molecule is CCCCC(CC)CNC(=O)c1cc(-c2csc(-c3ccc(C)nc3)n2)n(CCCC)c1C. The summed E-state index contributed by atoms with van der Waals surface area (Å²) in [5.41, 5.74) is 5.74. The van der Waals surface area contributed by atoms with Gasteiger partial charge in [0.1, 0.15) is 5.01 Å². The minimum atomic E-state index is 0.0251. The van der Waals surface area contributed by atoms with Gasteiger partial charge in [-0.3, -0.25) is 9.78 Å². The van der Waals surface area contributed by atoms with Gasteiger partial charge >= 0.3 is 0 Å². The van der Waals surface area contributed by atoms with Crippen LogP contribution in [0.25, 0.3) is 22.0 Å². The first-order chi connectivity index (χ1) is 16.0. The molecule has 3 heterocycles. The van der Waals surface area contributed by atoms with Crippen molar-refractivity contribution in [2.75, 3.05) is 6.54 Å². The van der Waals surface area contributed by atoms with Gasteiger partial charge in [0.25, 0.3) is 5.91 Å². The molecule has 0 fully saturated rings. The highest BCUT2D eigenvalue weighted by molar-refractivity contribution is 7.13. The van der Waals surface area contributed by atoms with Gasteiger partial charge < -0.3 is 9.88 Å². The van der Waals surface area contributed by atoms with Gasteiger partial charge in [0.2, 0.25) is 0 Å². The number of aryl methyl sites for hydroxylation is 1. The molecule has 0 aromatic carbocycles. The molecule has 0 saturated carbocycles. The second kappa shape index (κ2) is 12.1. The van der Waals surface area contributed by atoms with Crippen molar-refractivity contribution in [3.05, 3.63) is 46.7 Å². The maximum atomic E-state index is 13.1. The third-order valence-corrected chi connectivity index (χ3v) is 7.26. The lowest BCUT2D eigenvalue weighted by molar-refractivity contribution is 0.0945. The van der Waals surface area contributed by atoms with E-state index in [1.807, 2.05) is 25.3 Å². The van der Waals surface area contributed by atoms with E-state index in [1.54, 1.807) is 11.3 Å². The predicted octanol–water partition coefficient (Wildman–Crippen LogP) is 7.04. The van der Waals surface area contributed by atoms with Gasteiger partial charge in [-0.1, -0.05) is 46.5 Å². The van der Waals surface area contributed by atoms with E-state index in [4.69, 9.17) is 4.98 Å². The molecule has 3 rings (SSSR count). The van der Waals surface area contributed by atoms with Crippen LogP contribution in [0.4, 0.5) is 0 Å². The number of thiazole rings is 1. The summed E-state index contributed by atoms with van der Waals surface area (Å²) < 4.78 is 2.26. The Hall–Kier alpha value is -2.47. The molecule has 178 valence electrons. The fourth-order valence-electron chi connectivity index (χ4n) is 4.09. The fourth-order valence-corrected chi connectivity index (χ4v) is 4.89. The standard InChI is InChI=1S/C27H38N4OS/c1-6-9-11-21(8-3)16-29-26(32)23-15-25(31(20(23)5)14-10-7-2)24-18-33-27(30-24)22-13-12-19(4)28-17-22/h12-13,15,17-18,21H,6-11,14,16H2,1-5H3,(H,29,32). The average molecular weight is 467 g/mol. The summed E-state index contributed by atoms with van der Waals surface area (Å²) in [6.07, 6.45) is 8.72. The molecule has 6 heteroatoms. The number of pyridine rings is 1. The van der Waals surface area contributed by atoms with Gasteiger partial charge in [-0.15, -0.1) is 11.3 Å². The molecule has 0 spiro atoms. The molecule has 5 nitrogen and oxygen atoms in total. The molecular weight excluding hydrogens is 428 g/mol. The zero-order chi connectivity index (χ0) is 23.8. The van der Waals surface area contributed by atoms with Crippen LogP contribution in [-0.2, 0) is 6.54 Å². The van der Waals surface area contributed by atoms with Crippen molar-refractivity contribution in [3.8, 4) is 22.0 Å². The summed E-state index contributed by atoms with van der Waals surface area (Å²) in [4.78, 5) is 22.5. The third kappa shape index (κ3) is 6.32. The van der Waals surface area contributed by atoms with E-state index in [-0.39, 0.29) is 5.91 Å². The van der Waals surface area contributed by atoms with E-state index in [0.717, 1.165) is 71.3 Å². The van der Waals surface area contributed by atoms with Crippen molar-refractivity contribution in [2.45, 2.75) is 79.7 Å². The number of hydrogen-bond acceptors (Lipinski definition) is 4. The second-order valence-corrected chi connectivity index (χ2v) is 9.74. The van der Waals surface area contributed by atoms with Crippen molar-refractivity contribution in [1.29, 1.82) is 0 Å². The molecule has 0 aliphatic rings. The minimum Gasteiger partial charge on any atom is -0.352 e. The lowest BCUT2D eigenvalue weighted by Gasteiger charge is -2.15. The largest absolute Gasteiger partial charge is 0.352 e. The Morgan fingerprint density at radius 2 is 1.94 bits per heavy atom. The number of carbonyl (C=O) groups is 1. The molecule has 0 saturated heterocycles. The molecule has 3 aromatic rings. The molecule has 3 aromatic heterocycles. The summed E-state index contributed by atoms with van der Waals surface area (Å²) in [5.74, 6) is 0.567. The molecular formula is C27H38N4OS. The van der Waals surface area contributed by atoms with Crippen LogP contribution in [0, 0.1) is 19.8 Å². The number of hydrogen-bond donors (Lipinski definition) is 1. The smallest absolute Gasteiger partial charge is 0.253 e. The van der Waals surface area contributed by atoms with Gasteiger partial charge in [-0.05, 0) is 50.8 Å². The minimum absolute atomic E-state index is 0.0251. The number of carbonyl (C=O) groups excluding carboxylic acids is 1.